The van der Waals surface area contributed by atoms with Crippen LogP contribution in [0.15, 0.2) is 102 Å². The molecular weight excluding hydrogens is 1610 g/mol. The molecule has 26 nitrogen and oxygen atoms in total. The number of nitrogens with zero attached hydrogens (tertiary/aromatic N) is 3. The second kappa shape index (κ2) is 48.4. The number of aromatic nitrogens is 2. The normalized spacial score (nSPS) is 29.2. The first kappa shape index (κ1) is 105. The summed E-state index contributed by atoms with van der Waals surface area (Å²) in [5.74, 6) is -2.21. The van der Waals surface area contributed by atoms with Crippen molar-refractivity contribution in [2.45, 2.75) is 305 Å². The predicted octanol–water partition coefficient (Wildman–Crippen LogP) is 7.96. The average Bonchev–Trinajstić information content (AvgIpc) is 0.786. The zero-order valence-electron chi connectivity index (χ0n) is 75.1. The van der Waals surface area contributed by atoms with E-state index >= 15 is 0 Å². The number of aliphatic carboxylic acids is 2. The van der Waals surface area contributed by atoms with Crippen LogP contribution in [0.4, 0.5) is 10.3 Å². The molecule has 2 fully saturated rings. The molecule has 680 valence electrons. The molecule has 1 aromatic carbocycles. The molecule has 123 heavy (non-hydrogen) atoms. The molecule has 2 aliphatic heterocycles. The van der Waals surface area contributed by atoms with E-state index < -0.39 is 94.9 Å². The van der Waals surface area contributed by atoms with Crippen LogP contribution in [-0.4, -0.2) is 182 Å². The Balaban J connectivity index is 0.000000253. The first-order valence-electron chi connectivity index (χ1n) is 44.0. The summed E-state index contributed by atoms with van der Waals surface area (Å²) in [7, 11) is -2.34. The van der Waals surface area contributed by atoms with E-state index in [1.165, 1.54) is 54.6 Å². The van der Waals surface area contributed by atoms with Crippen LogP contribution in [-0.2, 0) is 67.3 Å². The molecule has 0 bridgehead atoms. The third-order valence-corrected chi connectivity index (χ3v) is 26.7. The fourth-order valence-electron chi connectivity index (χ4n) is 17.7. The van der Waals surface area contributed by atoms with Crippen molar-refractivity contribution in [3.05, 3.63) is 119 Å². The quantitative estimate of drug-likeness (QED) is 0.0207. The van der Waals surface area contributed by atoms with Crippen LogP contribution >= 0.6 is 0 Å². The van der Waals surface area contributed by atoms with E-state index in [0.717, 1.165) is 67.5 Å². The van der Waals surface area contributed by atoms with Crippen LogP contribution in [0, 0.1) is 88.2 Å². The number of carboxylic acids is 2. The van der Waals surface area contributed by atoms with Gasteiger partial charge in [0.05, 0.1) is 90.5 Å². The van der Waals surface area contributed by atoms with Gasteiger partial charge in [-0.25, -0.2) is 27.1 Å². The van der Waals surface area contributed by atoms with Crippen molar-refractivity contribution < 1.29 is 146 Å². The molecule has 29 heteroatoms. The summed E-state index contributed by atoms with van der Waals surface area (Å²) >= 11 is 0. The number of aliphatic hydroxyl groups is 7. The van der Waals surface area contributed by atoms with Crippen LogP contribution < -0.4 is 44.1 Å². The van der Waals surface area contributed by atoms with Gasteiger partial charge < -0.3 is 79.2 Å². The van der Waals surface area contributed by atoms with Gasteiger partial charge in [-0.05, 0) is 185 Å². The average molecular weight is 1750 g/mol. The maximum Gasteiger partial charge on any atom is 1.00 e. The Morgan fingerprint density at radius 3 is 1.47 bits per heavy atom. The number of carbonyl (C=O) groups excluding carboxylic acids is 7. The van der Waals surface area contributed by atoms with Crippen molar-refractivity contribution in [1.82, 2.24) is 9.97 Å². The van der Waals surface area contributed by atoms with Gasteiger partial charge in [-0.1, -0.05) is 150 Å². The molecule has 1 aromatic heterocycles. The van der Waals surface area contributed by atoms with Gasteiger partial charge in [-0.15, -0.1) is 0 Å². The first-order chi connectivity index (χ1) is 57.3. The minimum atomic E-state index is -3.66. The number of carbonyl (C=O) groups is 7. The number of hydrogen-bond acceptors (Lipinski definition) is 25. The van der Waals surface area contributed by atoms with Gasteiger partial charge in [-0.2, -0.15) is 0 Å². The smallest absolute Gasteiger partial charge is 0.550 e. The molecular formula is C94H136FN3NaO23S-. The number of carboxylic acid groups (broad SMARTS) is 2. The molecule has 7 N–H and O–H groups in total. The Labute approximate surface area is 749 Å². The Hall–Kier alpha value is -6.83. The van der Waals surface area contributed by atoms with E-state index in [9.17, 15) is 92.3 Å². The van der Waals surface area contributed by atoms with Gasteiger partial charge in [0, 0.05) is 86.4 Å². The SMILES string of the molecule is CC(C)c1nc(N(C)S(C)(=O)=O)nc(-c2ccc(F)cc2)c1/C=C/[C@@H](O)C[C@@H](O)CC(=O)[O-].CCC(C)(C)C(=O)O[C@H]1C[C@@H](C)C=C2C=C[C@H](C)[C@H](CC[C@@H]3C[C@@H](O)CC(=O)O3)[C@H]21.CC[C@H](C)C(=O)O[C@H]1C[C@@H](C)C=C2C=C[C@H](C)[C@H](CC[C@@H]3C[C@@H](O)CC(=O)O3)[C@H]21.CC[C@H](C)C(=O)O[C@H]1C[C@H](O)C=C2C=C[C@H](C)[C@H](CC[C@@H](O)C[C@@H](O)CC(=O)[O-])[C@H]21.[Na+]. The van der Waals surface area contributed by atoms with Crippen LogP contribution in [0.1, 0.15) is 243 Å². The Bertz CT molecular complexity index is 4200. The van der Waals surface area contributed by atoms with Crippen molar-refractivity contribution in [2.75, 3.05) is 17.6 Å². The number of rotatable bonds is 32. The summed E-state index contributed by atoms with van der Waals surface area (Å²) in [5.41, 5.74) is 4.77. The van der Waals surface area contributed by atoms with Crippen molar-refractivity contribution in [3.8, 4) is 11.3 Å². The number of ether oxygens (including phenoxy) is 5. The number of cyclic esters (lactones) is 2. The van der Waals surface area contributed by atoms with E-state index in [1.54, 1.807) is 0 Å². The van der Waals surface area contributed by atoms with Gasteiger partial charge in [0.25, 0.3) is 0 Å². The Morgan fingerprint density at radius 2 is 1.05 bits per heavy atom. The molecule has 10 rings (SSSR count). The standard InChI is InChI=1S/C25H38O5.C24H36O5.C23H36O7.C22H28FN3O6S.Na/c1-6-25(4,5)24(28)30-21-12-15(2)11-17-8-7-16(3)20(23(17)21)10-9-19-13-18(26)14-22(27)29-19;1-5-15(3)24(27)29-21-11-14(2)10-17-7-6-16(4)20(23(17)21)9-8-19-12-18(25)13-22(26)28-19;1-4-13(2)23(29)30-20-11-17(25)9-15-6-5-14(3)19(22(15)20)8-7-16(24)10-18(26)12-21(27)28;1-13(2)20-18(10-9-16(27)11-17(28)12-19(29)30)21(14-5-7-15(23)8-6-14)25-22(24-20)26(3)33(4,31)32;/h7-8,11,15-16,18-21,23,26H,6,9-10,12-14H2,1-5H3;6-7,10,14-16,18-21,23,25H,5,8-9,11-13H2,1-4H3;5-6,9,13-14,16-20,22,24-26H,4,7-8,10-12H2,1-3H3,(H,27,28);5-10,13,16-17,27-28H,11-12H2,1-4H3,(H,29,30);/q;;;;+1/p-2/b;;;10-9+;/t15-,16-,18+,19+,20-,21-,23-;14-,15-,16-,18+,19+,20-,21-,23-;13-,14-,16+,17+,18+,19-,20-,22-;16-,17-;/m0001./s1. The predicted molar refractivity (Wildman–Crippen MR) is 455 cm³/mol. The summed E-state index contributed by atoms with van der Waals surface area (Å²) in [6, 6.07) is 5.46. The van der Waals surface area contributed by atoms with Crippen LogP contribution in [0.2, 0.25) is 0 Å². The van der Waals surface area contributed by atoms with E-state index in [4.69, 9.17) is 23.7 Å². The van der Waals surface area contributed by atoms with Gasteiger partial charge in [0.15, 0.2) is 0 Å². The zero-order chi connectivity index (χ0) is 90.5. The number of anilines is 1. The maximum absolute atomic E-state index is 13.5. The topological polar surface area (TPSA) is 417 Å². The second-order valence-corrected chi connectivity index (χ2v) is 38.4. The van der Waals surface area contributed by atoms with E-state index in [-0.39, 0.29) is 163 Å². The third-order valence-electron chi connectivity index (χ3n) is 25.5. The van der Waals surface area contributed by atoms with Gasteiger partial charge >= 0.3 is 59.4 Å². The van der Waals surface area contributed by atoms with E-state index in [1.807, 2.05) is 74.5 Å². The summed E-state index contributed by atoms with van der Waals surface area (Å²) in [6.07, 6.45) is 24.2. The monoisotopic (exact) mass is 1750 g/mol. The Morgan fingerprint density at radius 1 is 0.618 bits per heavy atom. The fraction of sp³-hybridized carbons (Fsp3) is 0.670. The molecule has 2 saturated heterocycles. The minimum Gasteiger partial charge on any atom is -0.550 e. The number of benzene rings is 1. The number of esters is 5. The maximum atomic E-state index is 13.5. The van der Waals surface area contributed by atoms with Crippen molar-refractivity contribution in [1.29, 1.82) is 0 Å². The van der Waals surface area contributed by atoms with Crippen LogP contribution in [0.5, 0.6) is 0 Å². The number of halogens is 1. The first-order valence-corrected chi connectivity index (χ1v) is 45.8. The minimum absolute atomic E-state index is 0. The molecule has 0 amide bonds. The van der Waals surface area contributed by atoms with Crippen molar-refractivity contribution in [2.24, 2.45) is 82.3 Å². The largest absolute Gasteiger partial charge is 1.00 e. The fourth-order valence-corrected chi connectivity index (χ4v) is 18.1. The second-order valence-electron chi connectivity index (χ2n) is 36.4. The molecule has 2 aromatic rings. The van der Waals surface area contributed by atoms with Gasteiger partial charge in [0.1, 0.15) is 36.3 Å². The summed E-state index contributed by atoms with van der Waals surface area (Å²) in [5, 5.41) is 91.2. The molecule has 6 aliphatic carbocycles. The number of fused-ring (bicyclic) bond motifs is 3. The van der Waals surface area contributed by atoms with Crippen molar-refractivity contribution >= 4 is 63.8 Å². The number of sulfonamides is 1. The van der Waals surface area contributed by atoms with Crippen LogP contribution in [0.25, 0.3) is 17.3 Å². The van der Waals surface area contributed by atoms with E-state index in [0.29, 0.717) is 96.5 Å². The number of aliphatic hydroxyl groups excluding tert-OH is 7. The summed E-state index contributed by atoms with van der Waals surface area (Å²) < 4.78 is 67.5. The molecule has 0 radical (unpaired) electrons. The molecule has 8 aliphatic rings. The van der Waals surface area contributed by atoms with Gasteiger partial charge in [0.2, 0.25) is 16.0 Å². The zero-order valence-corrected chi connectivity index (χ0v) is 77.9. The number of allylic oxidation sites excluding steroid dienone is 8. The molecule has 0 unspecified atom stereocenters. The third kappa shape index (κ3) is 31.3. The summed E-state index contributed by atoms with van der Waals surface area (Å²) in [6.45, 7) is 28.2. The van der Waals surface area contributed by atoms with E-state index in [2.05, 4.69) is 87.1 Å². The summed E-state index contributed by atoms with van der Waals surface area (Å²) in [4.78, 5) is 91.2. The number of hydrogen-bond donors (Lipinski definition) is 7. The van der Waals surface area contributed by atoms with Crippen LogP contribution in [0.3, 0.4) is 0 Å². The molecule has 3 heterocycles. The van der Waals surface area contributed by atoms with Crippen molar-refractivity contribution in [3.63, 3.8) is 0 Å². The molecule has 0 saturated carbocycles. The molecule has 25 atom stereocenters. The molecule has 0 spiro atoms. The Kier molecular flexibility index (Phi) is 41.3. The van der Waals surface area contributed by atoms with Gasteiger partial charge in [-0.3, -0.25) is 24.0 Å².